The van der Waals surface area contributed by atoms with Crippen LogP contribution in [0.2, 0.25) is 0 Å². The zero-order chi connectivity index (χ0) is 23.8. The molecule has 7 nitrogen and oxygen atoms in total. The molecule has 7 heteroatoms. The number of carboxylic acid groups (broad SMARTS) is 1. The second-order valence-corrected chi connectivity index (χ2v) is 8.51. The van der Waals surface area contributed by atoms with Gasteiger partial charge in [-0.2, -0.15) is 0 Å². The van der Waals surface area contributed by atoms with Crippen molar-refractivity contribution in [1.82, 2.24) is 10.6 Å². The van der Waals surface area contributed by atoms with Gasteiger partial charge >= 0.3 is 12.1 Å². The maximum Gasteiger partial charge on any atom is 0.407 e. The number of amides is 2. The summed E-state index contributed by atoms with van der Waals surface area (Å²) >= 11 is 0. The van der Waals surface area contributed by atoms with Crippen molar-refractivity contribution in [1.29, 1.82) is 0 Å². The van der Waals surface area contributed by atoms with E-state index in [2.05, 4.69) is 34.9 Å². The summed E-state index contributed by atoms with van der Waals surface area (Å²) in [5.41, 5.74) is 4.70. The largest absolute Gasteiger partial charge is 0.481 e. The standard InChI is InChI=1S/C26H32N2O5/c1-3-18(15-24(29)30)28-25(31)17(2)9-8-14-27-26(32)33-16-23-21-12-6-4-10-19(21)20-11-5-7-13-22(20)23/h4-7,10-13,17-18,23H,3,8-9,14-16H2,1-2H3,(H,27,32)(H,28,31)(H,29,30). The summed E-state index contributed by atoms with van der Waals surface area (Å²) in [6.07, 6.45) is 1.21. The summed E-state index contributed by atoms with van der Waals surface area (Å²) in [5.74, 6) is -1.34. The second-order valence-electron chi connectivity index (χ2n) is 8.51. The minimum atomic E-state index is -0.929. The van der Waals surface area contributed by atoms with Gasteiger partial charge in [0, 0.05) is 24.4 Å². The topological polar surface area (TPSA) is 105 Å². The average molecular weight is 453 g/mol. The van der Waals surface area contributed by atoms with Gasteiger partial charge < -0.3 is 20.5 Å². The van der Waals surface area contributed by atoms with Crippen LogP contribution in [0.4, 0.5) is 4.79 Å². The van der Waals surface area contributed by atoms with E-state index in [1.165, 1.54) is 22.3 Å². The van der Waals surface area contributed by atoms with E-state index in [-0.39, 0.29) is 36.8 Å². The molecule has 0 aromatic heterocycles. The van der Waals surface area contributed by atoms with Gasteiger partial charge in [-0.3, -0.25) is 9.59 Å². The zero-order valence-electron chi connectivity index (χ0n) is 19.2. The van der Waals surface area contributed by atoms with Crippen molar-refractivity contribution >= 4 is 18.0 Å². The number of hydrogen-bond donors (Lipinski definition) is 3. The first-order chi connectivity index (χ1) is 15.9. The Kier molecular flexibility index (Phi) is 8.46. The average Bonchev–Trinajstić information content (AvgIpc) is 3.13. The highest BCUT2D eigenvalue weighted by atomic mass is 16.5. The first kappa shape index (κ1) is 24.3. The maximum atomic E-state index is 12.3. The van der Waals surface area contributed by atoms with Crippen molar-refractivity contribution in [2.24, 2.45) is 5.92 Å². The van der Waals surface area contributed by atoms with E-state index in [1.54, 1.807) is 6.92 Å². The van der Waals surface area contributed by atoms with Crippen molar-refractivity contribution in [3.05, 3.63) is 59.7 Å². The number of alkyl carbamates (subject to hydrolysis) is 1. The lowest BCUT2D eigenvalue weighted by Gasteiger charge is -2.18. The molecule has 2 amide bonds. The smallest absolute Gasteiger partial charge is 0.407 e. The Balaban J connectivity index is 1.40. The van der Waals surface area contributed by atoms with E-state index in [0.717, 1.165) is 0 Å². The fourth-order valence-electron chi connectivity index (χ4n) is 4.23. The molecular weight excluding hydrogens is 420 g/mol. The maximum absolute atomic E-state index is 12.3. The molecule has 0 saturated carbocycles. The van der Waals surface area contributed by atoms with Crippen LogP contribution in [-0.4, -0.2) is 42.3 Å². The number of hydrogen-bond acceptors (Lipinski definition) is 4. The van der Waals surface area contributed by atoms with Gasteiger partial charge in [-0.05, 0) is 41.5 Å². The van der Waals surface area contributed by atoms with Crippen molar-refractivity contribution in [3.8, 4) is 11.1 Å². The summed E-state index contributed by atoms with van der Waals surface area (Å²) in [6, 6.07) is 16.0. The molecule has 0 aliphatic heterocycles. The molecule has 0 fully saturated rings. The Morgan fingerprint density at radius 1 is 1.03 bits per heavy atom. The minimum Gasteiger partial charge on any atom is -0.481 e. The van der Waals surface area contributed by atoms with Crippen LogP contribution in [-0.2, 0) is 14.3 Å². The Morgan fingerprint density at radius 3 is 2.21 bits per heavy atom. The molecule has 33 heavy (non-hydrogen) atoms. The van der Waals surface area contributed by atoms with Crippen LogP contribution in [0.1, 0.15) is 56.6 Å². The summed E-state index contributed by atoms with van der Waals surface area (Å²) in [7, 11) is 0. The third-order valence-corrected chi connectivity index (χ3v) is 6.13. The predicted molar refractivity (Wildman–Crippen MR) is 126 cm³/mol. The van der Waals surface area contributed by atoms with Crippen molar-refractivity contribution in [2.45, 2.75) is 51.5 Å². The second kappa shape index (κ2) is 11.5. The van der Waals surface area contributed by atoms with Gasteiger partial charge in [0.25, 0.3) is 0 Å². The summed E-state index contributed by atoms with van der Waals surface area (Å²) in [6.45, 7) is 4.31. The van der Waals surface area contributed by atoms with Crippen LogP contribution in [0, 0.1) is 5.92 Å². The van der Waals surface area contributed by atoms with Gasteiger partial charge in [0.05, 0.1) is 6.42 Å². The fourth-order valence-corrected chi connectivity index (χ4v) is 4.23. The van der Waals surface area contributed by atoms with E-state index in [4.69, 9.17) is 9.84 Å². The molecular formula is C26H32N2O5. The molecule has 1 aliphatic carbocycles. The van der Waals surface area contributed by atoms with E-state index in [1.807, 2.05) is 31.2 Å². The number of nitrogens with one attached hydrogen (secondary N) is 2. The Hall–Kier alpha value is -3.35. The van der Waals surface area contributed by atoms with Crippen LogP contribution >= 0.6 is 0 Å². The van der Waals surface area contributed by atoms with E-state index in [0.29, 0.717) is 25.8 Å². The number of benzene rings is 2. The molecule has 3 N–H and O–H groups in total. The van der Waals surface area contributed by atoms with Crippen LogP contribution in [0.5, 0.6) is 0 Å². The van der Waals surface area contributed by atoms with Gasteiger partial charge in [-0.25, -0.2) is 4.79 Å². The van der Waals surface area contributed by atoms with Crippen molar-refractivity contribution in [3.63, 3.8) is 0 Å². The highest BCUT2D eigenvalue weighted by Crippen LogP contribution is 2.44. The third kappa shape index (κ3) is 6.34. The number of carboxylic acids is 1. The number of fused-ring (bicyclic) bond motifs is 3. The Morgan fingerprint density at radius 2 is 1.64 bits per heavy atom. The molecule has 2 atom stereocenters. The van der Waals surface area contributed by atoms with Crippen molar-refractivity contribution in [2.75, 3.05) is 13.2 Å². The monoisotopic (exact) mass is 452 g/mol. The first-order valence-electron chi connectivity index (χ1n) is 11.5. The molecule has 3 rings (SSSR count). The number of aliphatic carboxylic acids is 1. The SMILES string of the molecule is CCC(CC(=O)O)NC(=O)C(C)CCCNC(=O)OCC1c2ccccc2-c2ccccc21. The third-order valence-electron chi connectivity index (χ3n) is 6.13. The van der Waals surface area contributed by atoms with Gasteiger partial charge in [0.2, 0.25) is 5.91 Å². The van der Waals surface area contributed by atoms with E-state index >= 15 is 0 Å². The summed E-state index contributed by atoms with van der Waals surface area (Å²) in [5, 5.41) is 14.4. The summed E-state index contributed by atoms with van der Waals surface area (Å²) in [4.78, 5) is 35.3. The lowest BCUT2D eigenvalue weighted by atomic mass is 9.98. The van der Waals surface area contributed by atoms with E-state index in [9.17, 15) is 14.4 Å². The lowest BCUT2D eigenvalue weighted by Crippen LogP contribution is -2.39. The number of rotatable bonds is 11. The van der Waals surface area contributed by atoms with Gasteiger partial charge in [-0.1, -0.05) is 62.4 Å². The quantitative estimate of drug-likeness (QED) is 0.441. The van der Waals surface area contributed by atoms with Gasteiger partial charge in [-0.15, -0.1) is 0 Å². The highest BCUT2D eigenvalue weighted by Gasteiger charge is 2.29. The van der Waals surface area contributed by atoms with Crippen LogP contribution < -0.4 is 10.6 Å². The van der Waals surface area contributed by atoms with Gasteiger partial charge in [0.15, 0.2) is 0 Å². The lowest BCUT2D eigenvalue weighted by molar-refractivity contribution is -0.137. The molecule has 1 aliphatic rings. The normalized spacial score (nSPS) is 14.0. The molecule has 0 spiro atoms. The minimum absolute atomic E-state index is 0.0178. The number of ether oxygens (including phenoxy) is 1. The molecule has 0 heterocycles. The predicted octanol–water partition coefficient (Wildman–Crippen LogP) is 4.31. The Labute approximate surface area is 194 Å². The fraction of sp³-hybridized carbons (Fsp3) is 0.423. The molecule has 2 aromatic carbocycles. The summed E-state index contributed by atoms with van der Waals surface area (Å²) < 4.78 is 5.51. The van der Waals surface area contributed by atoms with Crippen molar-refractivity contribution < 1.29 is 24.2 Å². The first-order valence-corrected chi connectivity index (χ1v) is 11.5. The van der Waals surface area contributed by atoms with Crippen LogP contribution in [0.15, 0.2) is 48.5 Å². The number of carbonyl (C=O) groups is 3. The molecule has 2 aromatic rings. The molecule has 0 saturated heterocycles. The molecule has 176 valence electrons. The van der Waals surface area contributed by atoms with Crippen LogP contribution in [0.25, 0.3) is 11.1 Å². The zero-order valence-corrected chi connectivity index (χ0v) is 19.2. The van der Waals surface area contributed by atoms with Gasteiger partial charge in [0.1, 0.15) is 6.61 Å². The molecule has 0 bridgehead atoms. The van der Waals surface area contributed by atoms with E-state index < -0.39 is 12.1 Å². The van der Waals surface area contributed by atoms with Crippen LogP contribution in [0.3, 0.4) is 0 Å². The number of carbonyl (C=O) groups excluding carboxylic acids is 2. The Bertz CT molecular complexity index is 945. The molecule has 2 unspecified atom stereocenters. The molecule has 0 radical (unpaired) electrons. The highest BCUT2D eigenvalue weighted by molar-refractivity contribution is 5.80.